The van der Waals surface area contributed by atoms with E-state index >= 15 is 0 Å². The predicted octanol–water partition coefficient (Wildman–Crippen LogP) is 5.89. The number of benzene rings is 2. The highest BCUT2D eigenvalue weighted by Crippen LogP contribution is 2.44. The molecule has 2 aromatic carbocycles. The normalized spacial score (nSPS) is 10.8. The number of phenols is 1. The van der Waals surface area contributed by atoms with Crippen molar-refractivity contribution in [3.05, 3.63) is 65.2 Å². The highest BCUT2D eigenvalue weighted by atomic mass is 35.5. The van der Waals surface area contributed by atoms with Crippen molar-refractivity contribution in [3.63, 3.8) is 0 Å². The molecule has 0 radical (unpaired) electrons. The lowest BCUT2D eigenvalue weighted by Gasteiger charge is -2.26. The Kier molecular flexibility index (Phi) is 6.10. The molecule has 3 rings (SSSR count). The summed E-state index contributed by atoms with van der Waals surface area (Å²) in [4.78, 5) is 26.6. The van der Waals surface area contributed by atoms with Crippen molar-refractivity contribution < 1.29 is 24.5 Å². The largest absolute Gasteiger partial charge is 0.512 e. The molecule has 8 heteroatoms. The smallest absolute Gasteiger partial charge is 0.507 e. The maximum Gasteiger partial charge on any atom is 0.512 e. The summed E-state index contributed by atoms with van der Waals surface area (Å²) in [6.07, 6.45) is -1.47. The Morgan fingerprint density at radius 3 is 2.38 bits per heavy atom. The quantitative estimate of drug-likeness (QED) is 0.492. The Morgan fingerprint density at radius 1 is 1.10 bits per heavy atom. The molecule has 0 bridgehead atoms. The van der Waals surface area contributed by atoms with Crippen molar-refractivity contribution in [1.82, 2.24) is 0 Å². The lowest BCUT2D eigenvalue weighted by Crippen LogP contribution is -2.37. The van der Waals surface area contributed by atoms with E-state index in [-0.39, 0.29) is 22.4 Å². The van der Waals surface area contributed by atoms with Crippen molar-refractivity contribution in [3.8, 4) is 21.3 Å². The summed E-state index contributed by atoms with van der Waals surface area (Å²) in [6, 6.07) is 15.0. The highest BCUT2D eigenvalue weighted by Gasteiger charge is 2.29. The predicted molar refractivity (Wildman–Crippen MR) is 113 cm³/mol. The van der Waals surface area contributed by atoms with Gasteiger partial charge in [-0.3, -0.25) is 4.79 Å². The molecule has 150 valence electrons. The molecule has 0 saturated heterocycles. The fraction of sp³-hybridized carbons (Fsp3) is 0.143. The van der Waals surface area contributed by atoms with E-state index < -0.39 is 12.1 Å². The van der Waals surface area contributed by atoms with E-state index in [0.29, 0.717) is 10.7 Å². The zero-order valence-corrected chi connectivity index (χ0v) is 17.2. The number of phenolic OH excluding ortho intramolecular Hbond substituents is 1. The number of carbonyl (C=O) groups is 2. The fourth-order valence-corrected chi connectivity index (χ4v) is 4.03. The van der Waals surface area contributed by atoms with Crippen molar-refractivity contribution in [1.29, 1.82) is 0 Å². The second kappa shape index (κ2) is 8.55. The number of carbonyl (C=O) groups excluding carboxylic acids is 1. The number of halogens is 1. The van der Waals surface area contributed by atoms with E-state index in [9.17, 15) is 14.7 Å². The number of hydrogen-bond donors (Lipinski definition) is 2. The zero-order valence-electron chi connectivity index (χ0n) is 15.6. The fourth-order valence-electron chi connectivity index (χ4n) is 2.87. The Balaban J connectivity index is 2.11. The van der Waals surface area contributed by atoms with Crippen LogP contribution in [-0.2, 0) is 0 Å². The molecule has 1 amide bonds. The summed E-state index contributed by atoms with van der Waals surface area (Å²) >= 11 is 6.99. The first-order valence-corrected chi connectivity index (χ1v) is 9.89. The van der Waals surface area contributed by atoms with Crippen molar-refractivity contribution >= 4 is 40.7 Å². The molecule has 29 heavy (non-hydrogen) atoms. The van der Waals surface area contributed by atoms with Gasteiger partial charge in [0.25, 0.3) is 5.91 Å². The lowest BCUT2D eigenvalue weighted by molar-refractivity contribution is 0.0975. The van der Waals surface area contributed by atoms with Crippen LogP contribution in [0.4, 0.5) is 10.5 Å². The molecular weight excluding hydrogens is 414 g/mol. The average molecular weight is 432 g/mol. The minimum atomic E-state index is -1.47. The number of thiophene rings is 1. The number of aromatic hydroxyl groups is 1. The van der Waals surface area contributed by atoms with Crippen LogP contribution in [0.1, 0.15) is 24.2 Å². The second-order valence-electron chi connectivity index (χ2n) is 6.45. The third-order valence-corrected chi connectivity index (χ3v) is 5.39. The van der Waals surface area contributed by atoms with Crippen LogP contribution in [-0.4, -0.2) is 28.3 Å². The number of hydrogen-bond acceptors (Lipinski definition) is 5. The molecule has 6 nitrogen and oxygen atoms in total. The summed E-state index contributed by atoms with van der Waals surface area (Å²) in [6.45, 7) is 3.57. The molecular formula is C21H18ClNO5S. The minimum absolute atomic E-state index is 0.0526. The summed E-state index contributed by atoms with van der Waals surface area (Å²) in [7, 11) is 0. The summed E-state index contributed by atoms with van der Waals surface area (Å²) in [5.74, 6) is -0.755. The van der Waals surface area contributed by atoms with Gasteiger partial charge < -0.3 is 19.8 Å². The van der Waals surface area contributed by atoms with E-state index in [4.69, 9.17) is 21.4 Å². The second-order valence-corrected chi connectivity index (χ2v) is 7.90. The monoisotopic (exact) mass is 431 g/mol. The topological polar surface area (TPSA) is 87.1 Å². The maximum absolute atomic E-state index is 13.2. The van der Waals surface area contributed by atoms with Gasteiger partial charge in [-0.25, -0.2) is 4.79 Å². The average Bonchev–Trinajstić information content (AvgIpc) is 3.05. The van der Waals surface area contributed by atoms with Gasteiger partial charge in [0.05, 0.1) is 11.3 Å². The maximum atomic E-state index is 13.2. The molecule has 0 atom stereocenters. The van der Waals surface area contributed by atoms with E-state index in [1.54, 1.807) is 19.9 Å². The number of amides is 1. The Morgan fingerprint density at radius 2 is 1.79 bits per heavy atom. The van der Waals surface area contributed by atoms with Crippen LogP contribution in [0.3, 0.4) is 0 Å². The summed E-state index contributed by atoms with van der Waals surface area (Å²) in [5.41, 5.74) is 1.23. The third kappa shape index (κ3) is 4.52. The van der Waals surface area contributed by atoms with Crippen molar-refractivity contribution in [2.45, 2.75) is 19.9 Å². The molecule has 0 aliphatic heterocycles. The first-order valence-electron chi connectivity index (χ1n) is 8.70. The van der Waals surface area contributed by atoms with E-state index in [1.165, 1.54) is 23.1 Å². The molecule has 2 N–H and O–H groups in total. The zero-order chi connectivity index (χ0) is 21.1. The Labute approximate surface area is 176 Å². The van der Waals surface area contributed by atoms with Crippen LogP contribution in [0.15, 0.2) is 54.6 Å². The third-order valence-electron chi connectivity index (χ3n) is 4.10. The molecule has 3 aromatic rings. The Bertz CT molecular complexity index is 1050. The molecule has 0 fully saturated rings. The number of anilines is 1. The molecule has 0 saturated carbocycles. The molecule has 1 aromatic heterocycles. The van der Waals surface area contributed by atoms with Gasteiger partial charge in [-0.1, -0.05) is 53.3 Å². The molecule has 0 aliphatic carbocycles. The SMILES string of the molecule is CC(C)N(C(=O)c1ccc(Cl)cc1O)c1cc(-c2ccccc2)sc1OC(=O)O. The van der Waals surface area contributed by atoms with Gasteiger partial charge in [0, 0.05) is 15.9 Å². The van der Waals surface area contributed by atoms with Gasteiger partial charge in [0.1, 0.15) is 5.75 Å². The van der Waals surface area contributed by atoms with Gasteiger partial charge in [0.2, 0.25) is 5.06 Å². The first kappa shape index (κ1) is 20.7. The molecule has 1 heterocycles. The summed E-state index contributed by atoms with van der Waals surface area (Å²) < 4.78 is 4.97. The minimum Gasteiger partial charge on any atom is -0.507 e. The van der Waals surface area contributed by atoms with E-state index in [2.05, 4.69) is 0 Å². The Hall–Kier alpha value is -3.03. The number of rotatable bonds is 5. The molecule has 0 spiro atoms. The molecule has 0 aliphatic rings. The van der Waals surface area contributed by atoms with Crippen LogP contribution in [0.5, 0.6) is 10.8 Å². The number of ether oxygens (including phenoxy) is 1. The van der Waals surface area contributed by atoms with Gasteiger partial charge in [-0.15, -0.1) is 0 Å². The van der Waals surface area contributed by atoms with Crippen molar-refractivity contribution in [2.75, 3.05) is 4.90 Å². The van der Waals surface area contributed by atoms with Crippen LogP contribution in [0, 0.1) is 0 Å². The van der Waals surface area contributed by atoms with Crippen LogP contribution in [0.25, 0.3) is 10.4 Å². The van der Waals surface area contributed by atoms with Crippen LogP contribution >= 0.6 is 22.9 Å². The van der Waals surface area contributed by atoms with Gasteiger partial charge >= 0.3 is 6.16 Å². The van der Waals surface area contributed by atoms with Gasteiger partial charge in [-0.05, 0) is 43.7 Å². The van der Waals surface area contributed by atoms with Gasteiger partial charge in [-0.2, -0.15) is 0 Å². The van der Waals surface area contributed by atoms with Crippen LogP contribution < -0.4 is 9.64 Å². The van der Waals surface area contributed by atoms with E-state index in [0.717, 1.165) is 21.8 Å². The van der Waals surface area contributed by atoms with Crippen LogP contribution in [0.2, 0.25) is 5.02 Å². The number of carboxylic acid groups (broad SMARTS) is 1. The highest BCUT2D eigenvalue weighted by molar-refractivity contribution is 7.18. The van der Waals surface area contributed by atoms with E-state index in [1.807, 2.05) is 30.3 Å². The lowest BCUT2D eigenvalue weighted by atomic mass is 10.1. The number of nitrogens with zero attached hydrogens (tertiary/aromatic N) is 1. The van der Waals surface area contributed by atoms with Crippen molar-refractivity contribution in [2.24, 2.45) is 0 Å². The standard InChI is InChI=1S/C21H18ClNO5S/c1-12(2)23(19(25)15-9-8-14(22)10-17(15)24)16-11-18(13-6-4-3-5-7-13)29-20(16)28-21(26)27/h3-12,24H,1-2H3,(H,26,27). The first-order chi connectivity index (χ1) is 13.8. The summed E-state index contributed by atoms with van der Waals surface area (Å²) in [5, 5.41) is 19.7. The van der Waals surface area contributed by atoms with Gasteiger partial charge in [0.15, 0.2) is 0 Å². The molecule has 0 unspecified atom stereocenters.